The van der Waals surface area contributed by atoms with Crippen LogP contribution in [-0.2, 0) is 11.2 Å². The van der Waals surface area contributed by atoms with Gasteiger partial charge in [0, 0.05) is 11.3 Å². The Bertz CT molecular complexity index is 343. The van der Waals surface area contributed by atoms with Crippen molar-refractivity contribution in [2.24, 2.45) is 0 Å². The van der Waals surface area contributed by atoms with Crippen molar-refractivity contribution in [1.29, 1.82) is 0 Å². The second-order valence-corrected chi connectivity index (χ2v) is 4.48. The van der Waals surface area contributed by atoms with Crippen LogP contribution >= 0.6 is 11.8 Å². The molecule has 2 N–H and O–H groups in total. The van der Waals surface area contributed by atoms with Crippen LogP contribution in [0.2, 0.25) is 0 Å². The van der Waals surface area contributed by atoms with Crippen LogP contribution in [0.1, 0.15) is 12.5 Å². The Labute approximate surface area is 93.1 Å². The molecule has 3 nitrogen and oxygen atoms in total. The fourth-order valence-electron chi connectivity index (χ4n) is 1.22. The molecule has 1 aromatic rings. The van der Waals surface area contributed by atoms with E-state index in [4.69, 9.17) is 5.11 Å². The highest BCUT2D eigenvalue weighted by atomic mass is 32.2. The molecule has 0 saturated heterocycles. The number of hydrogen-bond acceptors (Lipinski definition) is 3. The van der Waals surface area contributed by atoms with E-state index in [2.05, 4.69) is 0 Å². The number of aliphatic hydroxyl groups is 1. The molecule has 0 amide bonds. The van der Waals surface area contributed by atoms with E-state index in [-0.39, 0.29) is 6.42 Å². The van der Waals surface area contributed by atoms with E-state index in [0.717, 1.165) is 10.5 Å². The Balaban J connectivity index is 2.77. The molecule has 0 aliphatic carbocycles. The lowest BCUT2D eigenvalue weighted by atomic mass is 9.97. The van der Waals surface area contributed by atoms with Crippen molar-refractivity contribution in [2.45, 2.75) is 23.8 Å². The van der Waals surface area contributed by atoms with Crippen molar-refractivity contribution in [1.82, 2.24) is 0 Å². The van der Waals surface area contributed by atoms with E-state index in [1.54, 1.807) is 11.8 Å². The van der Waals surface area contributed by atoms with Gasteiger partial charge in [-0.1, -0.05) is 12.1 Å². The second-order valence-electron chi connectivity index (χ2n) is 3.60. The molecule has 0 aliphatic rings. The Morgan fingerprint density at radius 3 is 2.33 bits per heavy atom. The van der Waals surface area contributed by atoms with Crippen LogP contribution in [0.15, 0.2) is 29.2 Å². The van der Waals surface area contributed by atoms with Crippen LogP contribution in [0.3, 0.4) is 0 Å². The highest BCUT2D eigenvalue weighted by molar-refractivity contribution is 7.98. The Morgan fingerprint density at radius 2 is 1.93 bits per heavy atom. The molecule has 0 aliphatic heterocycles. The van der Waals surface area contributed by atoms with Crippen molar-refractivity contribution in [3.63, 3.8) is 0 Å². The van der Waals surface area contributed by atoms with E-state index in [9.17, 15) is 9.90 Å². The molecular weight excluding hydrogens is 212 g/mol. The third kappa shape index (κ3) is 3.25. The lowest BCUT2D eigenvalue weighted by Crippen LogP contribution is -2.37. The number of carboxylic acid groups (broad SMARTS) is 1. The van der Waals surface area contributed by atoms with Gasteiger partial charge in [0.05, 0.1) is 0 Å². The molecule has 0 radical (unpaired) electrons. The SMILES string of the molecule is CSc1ccc(CC(C)(O)C(=O)O)cc1. The summed E-state index contributed by atoms with van der Waals surface area (Å²) in [5, 5.41) is 18.3. The minimum Gasteiger partial charge on any atom is -0.479 e. The molecule has 15 heavy (non-hydrogen) atoms. The summed E-state index contributed by atoms with van der Waals surface area (Å²) in [4.78, 5) is 11.8. The fraction of sp³-hybridized carbons (Fsp3) is 0.364. The van der Waals surface area contributed by atoms with Crippen LogP contribution in [0, 0.1) is 0 Å². The van der Waals surface area contributed by atoms with Crippen LogP contribution in [0.4, 0.5) is 0 Å². The topological polar surface area (TPSA) is 57.5 Å². The van der Waals surface area contributed by atoms with Gasteiger partial charge in [-0.15, -0.1) is 11.8 Å². The zero-order valence-corrected chi connectivity index (χ0v) is 9.54. The number of benzene rings is 1. The molecule has 4 heteroatoms. The normalized spacial score (nSPS) is 14.6. The van der Waals surface area contributed by atoms with Gasteiger partial charge in [0.25, 0.3) is 0 Å². The molecule has 1 unspecified atom stereocenters. The lowest BCUT2D eigenvalue weighted by Gasteiger charge is -2.17. The van der Waals surface area contributed by atoms with Crippen molar-refractivity contribution in [2.75, 3.05) is 6.26 Å². The fourth-order valence-corrected chi connectivity index (χ4v) is 1.62. The largest absolute Gasteiger partial charge is 0.479 e. The predicted octanol–water partition coefficient (Wildman–Crippen LogP) is 1.79. The summed E-state index contributed by atoms with van der Waals surface area (Å²) < 4.78 is 0. The van der Waals surface area contributed by atoms with Gasteiger partial charge in [0.2, 0.25) is 0 Å². The van der Waals surface area contributed by atoms with Crippen molar-refractivity contribution >= 4 is 17.7 Å². The van der Waals surface area contributed by atoms with Gasteiger partial charge in [0.1, 0.15) is 0 Å². The average molecular weight is 226 g/mol. The summed E-state index contributed by atoms with van der Waals surface area (Å²) in [5.74, 6) is -1.20. The third-order valence-electron chi connectivity index (χ3n) is 2.17. The highest BCUT2D eigenvalue weighted by Crippen LogP contribution is 2.18. The van der Waals surface area contributed by atoms with E-state index in [1.165, 1.54) is 6.92 Å². The zero-order chi connectivity index (χ0) is 11.5. The number of thioether (sulfide) groups is 1. The molecule has 1 atom stereocenters. The molecule has 0 saturated carbocycles. The van der Waals surface area contributed by atoms with Crippen LogP contribution in [0.25, 0.3) is 0 Å². The van der Waals surface area contributed by atoms with Gasteiger partial charge >= 0.3 is 5.97 Å². The maximum absolute atomic E-state index is 10.7. The van der Waals surface area contributed by atoms with Crippen molar-refractivity contribution < 1.29 is 15.0 Å². The molecule has 0 spiro atoms. The van der Waals surface area contributed by atoms with Crippen LogP contribution in [-0.4, -0.2) is 28.0 Å². The molecule has 0 fully saturated rings. The Hall–Kier alpha value is -1.00. The molecular formula is C11H14O3S. The number of rotatable bonds is 4. The maximum atomic E-state index is 10.7. The smallest absolute Gasteiger partial charge is 0.335 e. The standard InChI is InChI=1S/C11H14O3S/c1-11(14,10(12)13)7-8-3-5-9(15-2)6-4-8/h3-6,14H,7H2,1-2H3,(H,12,13). The molecule has 0 bridgehead atoms. The molecule has 82 valence electrons. The van der Waals surface area contributed by atoms with Gasteiger partial charge in [-0.3, -0.25) is 0 Å². The summed E-state index contributed by atoms with van der Waals surface area (Å²) in [7, 11) is 0. The quantitative estimate of drug-likeness (QED) is 0.768. The van der Waals surface area contributed by atoms with E-state index in [1.807, 2.05) is 30.5 Å². The first-order chi connectivity index (χ1) is 6.95. The van der Waals surface area contributed by atoms with Crippen LogP contribution < -0.4 is 0 Å². The average Bonchev–Trinajstić information content (AvgIpc) is 2.18. The van der Waals surface area contributed by atoms with Gasteiger partial charge in [-0.25, -0.2) is 4.79 Å². The van der Waals surface area contributed by atoms with E-state index in [0.29, 0.717) is 0 Å². The first-order valence-corrected chi connectivity index (χ1v) is 5.77. The van der Waals surface area contributed by atoms with E-state index < -0.39 is 11.6 Å². The Morgan fingerprint density at radius 1 is 1.40 bits per heavy atom. The number of carbonyl (C=O) groups is 1. The number of carboxylic acids is 1. The van der Waals surface area contributed by atoms with Crippen molar-refractivity contribution in [3.05, 3.63) is 29.8 Å². The highest BCUT2D eigenvalue weighted by Gasteiger charge is 2.29. The summed E-state index contributed by atoms with van der Waals surface area (Å²) >= 11 is 1.62. The molecule has 1 aromatic carbocycles. The number of hydrogen-bond donors (Lipinski definition) is 2. The predicted molar refractivity (Wildman–Crippen MR) is 60.2 cm³/mol. The Kier molecular flexibility index (Phi) is 3.77. The summed E-state index contributed by atoms with van der Waals surface area (Å²) in [5.41, 5.74) is -0.874. The maximum Gasteiger partial charge on any atom is 0.335 e. The van der Waals surface area contributed by atoms with Crippen LogP contribution in [0.5, 0.6) is 0 Å². The van der Waals surface area contributed by atoms with Gasteiger partial charge in [0.15, 0.2) is 5.60 Å². The second kappa shape index (κ2) is 4.68. The summed E-state index contributed by atoms with van der Waals surface area (Å²) in [6.45, 7) is 1.30. The minimum absolute atomic E-state index is 0.122. The van der Waals surface area contributed by atoms with Gasteiger partial charge < -0.3 is 10.2 Å². The van der Waals surface area contributed by atoms with Gasteiger partial charge in [-0.2, -0.15) is 0 Å². The third-order valence-corrected chi connectivity index (χ3v) is 2.91. The molecule has 0 heterocycles. The first-order valence-electron chi connectivity index (χ1n) is 4.54. The monoisotopic (exact) mass is 226 g/mol. The summed E-state index contributed by atoms with van der Waals surface area (Å²) in [6.07, 6.45) is 2.10. The zero-order valence-electron chi connectivity index (χ0n) is 8.73. The molecule has 0 aromatic heterocycles. The minimum atomic E-state index is -1.69. The van der Waals surface area contributed by atoms with Gasteiger partial charge in [-0.05, 0) is 30.9 Å². The van der Waals surface area contributed by atoms with Crippen molar-refractivity contribution in [3.8, 4) is 0 Å². The summed E-state index contributed by atoms with van der Waals surface area (Å²) in [6, 6.07) is 7.50. The van der Waals surface area contributed by atoms with E-state index >= 15 is 0 Å². The number of aliphatic carboxylic acids is 1. The lowest BCUT2D eigenvalue weighted by molar-refractivity contribution is -0.156. The first kappa shape index (κ1) is 12.1. The molecule has 1 rings (SSSR count).